The molecule has 1 saturated heterocycles. The largest absolute Gasteiger partial charge is 0.511 e. The van der Waals surface area contributed by atoms with Crippen molar-refractivity contribution in [3.8, 4) is 0 Å². The van der Waals surface area contributed by atoms with Crippen LogP contribution < -0.4 is 9.89 Å². The Kier molecular flexibility index (Phi) is 7.45. The summed E-state index contributed by atoms with van der Waals surface area (Å²) in [6.07, 6.45) is 3.07. The van der Waals surface area contributed by atoms with Gasteiger partial charge in [-0.3, -0.25) is 9.59 Å². The van der Waals surface area contributed by atoms with Gasteiger partial charge < -0.3 is 14.9 Å². The fourth-order valence-corrected chi connectivity index (χ4v) is 4.14. The number of amides is 1. The van der Waals surface area contributed by atoms with E-state index in [0.29, 0.717) is 29.9 Å². The molecule has 7 heteroatoms. The molecule has 3 N–H and O–H groups in total. The molecular weight excluding hydrogens is 390 g/mol. The molecule has 0 radical (unpaired) electrons. The predicted molar refractivity (Wildman–Crippen MR) is 112 cm³/mol. The summed E-state index contributed by atoms with van der Waals surface area (Å²) < 4.78 is 0. The van der Waals surface area contributed by atoms with Crippen molar-refractivity contribution in [3.63, 3.8) is 0 Å². The summed E-state index contributed by atoms with van der Waals surface area (Å²) in [7, 11) is 0. The molecule has 1 aliphatic heterocycles. The van der Waals surface area contributed by atoms with E-state index in [1.807, 2.05) is 36.1 Å². The highest BCUT2D eigenvalue weighted by molar-refractivity contribution is 6.30. The summed E-state index contributed by atoms with van der Waals surface area (Å²) in [5.74, 6) is 0.321. The van der Waals surface area contributed by atoms with Crippen LogP contribution in [-0.4, -0.2) is 67.2 Å². The van der Waals surface area contributed by atoms with E-state index in [1.54, 1.807) is 6.21 Å². The number of rotatable bonds is 6. The summed E-state index contributed by atoms with van der Waals surface area (Å²) in [5.41, 5.74) is 1.41. The minimum absolute atomic E-state index is 0.0107. The first-order chi connectivity index (χ1) is 14.0. The minimum atomic E-state index is -0.0414. The average Bonchev–Trinajstić information content (AvgIpc) is 2.73. The van der Waals surface area contributed by atoms with E-state index in [2.05, 4.69) is 4.99 Å². The molecule has 1 fully saturated rings. The number of carbonyl (C=O) groups is 2. The van der Waals surface area contributed by atoms with Gasteiger partial charge in [-0.1, -0.05) is 30.7 Å². The van der Waals surface area contributed by atoms with Crippen LogP contribution in [0.5, 0.6) is 0 Å². The third-order valence-corrected chi connectivity index (χ3v) is 6.07. The fraction of sp³-hybridized carbons (Fsp3) is 0.500. The third kappa shape index (κ3) is 5.67. The van der Waals surface area contributed by atoms with Crippen LogP contribution in [0.15, 0.2) is 35.6 Å². The zero-order valence-corrected chi connectivity index (χ0v) is 17.7. The van der Waals surface area contributed by atoms with Gasteiger partial charge in [0.25, 0.3) is 0 Å². The molecular formula is C22H30ClN3O3+2. The summed E-state index contributed by atoms with van der Waals surface area (Å²) in [6, 6.07) is 7.45. The molecule has 3 rings (SSSR count). The number of benzene rings is 1. The Morgan fingerprint density at radius 1 is 1.28 bits per heavy atom. The zero-order chi connectivity index (χ0) is 20.8. The van der Waals surface area contributed by atoms with Gasteiger partial charge in [0.1, 0.15) is 17.9 Å². The maximum Gasteiger partial charge on any atom is 0.222 e. The number of hydrogen-bond donors (Lipinski definition) is 3. The molecule has 0 spiro atoms. The predicted octanol–water partition coefficient (Wildman–Crippen LogP) is -0.113. The van der Waals surface area contributed by atoms with Gasteiger partial charge in [-0.15, -0.1) is 0 Å². The Bertz CT molecular complexity index is 796. The van der Waals surface area contributed by atoms with E-state index < -0.39 is 0 Å². The monoisotopic (exact) mass is 419 g/mol. The SMILES string of the molecule is CCC(=O)N1CC[NH+](CC[NH+]=CC2=C(O)C[C@@H](c3ccc(Cl)cc3)CC2=O)CC1. The molecule has 1 atom stereocenters. The van der Waals surface area contributed by atoms with Gasteiger partial charge in [0.05, 0.1) is 26.2 Å². The molecule has 1 aromatic rings. The number of nitrogens with zero attached hydrogens (tertiary/aromatic N) is 1. The zero-order valence-electron chi connectivity index (χ0n) is 16.9. The first-order valence-corrected chi connectivity index (χ1v) is 10.7. The molecule has 0 unspecified atom stereocenters. The highest BCUT2D eigenvalue weighted by atomic mass is 35.5. The number of ketones is 1. The Hall–Kier alpha value is -2.18. The number of nitrogens with one attached hydrogen (secondary N) is 2. The van der Waals surface area contributed by atoms with E-state index in [4.69, 9.17) is 11.6 Å². The van der Waals surface area contributed by atoms with Crippen molar-refractivity contribution in [1.82, 2.24) is 4.90 Å². The summed E-state index contributed by atoms with van der Waals surface area (Å²) in [6.45, 7) is 7.05. The highest BCUT2D eigenvalue weighted by Gasteiger charge is 2.29. The number of Topliss-reactive ketones (excluding diaryl/α,β-unsaturated/α-hetero) is 1. The van der Waals surface area contributed by atoms with Gasteiger partial charge >= 0.3 is 0 Å². The molecule has 0 aromatic heterocycles. The number of aliphatic hydroxyl groups is 1. The summed E-state index contributed by atoms with van der Waals surface area (Å²) in [5, 5.41) is 11.1. The van der Waals surface area contributed by atoms with Crippen LogP contribution in [0.1, 0.15) is 37.7 Å². The van der Waals surface area contributed by atoms with Gasteiger partial charge in [-0.25, -0.2) is 4.99 Å². The molecule has 1 heterocycles. The van der Waals surface area contributed by atoms with E-state index >= 15 is 0 Å². The van der Waals surface area contributed by atoms with Crippen molar-refractivity contribution >= 4 is 29.5 Å². The van der Waals surface area contributed by atoms with E-state index in [-0.39, 0.29) is 23.4 Å². The minimum Gasteiger partial charge on any atom is -0.511 e. The smallest absolute Gasteiger partial charge is 0.222 e. The molecule has 1 amide bonds. The Morgan fingerprint density at radius 2 is 1.97 bits per heavy atom. The summed E-state index contributed by atoms with van der Waals surface area (Å²) in [4.78, 5) is 30.8. The van der Waals surface area contributed by atoms with Crippen molar-refractivity contribution in [3.05, 3.63) is 46.2 Å². The maximum atomic E-state index is 12.5. The van der Waals surface area contributed by atoms with Gasteiger partial charge in [-0.2, -0.15) is 0 Å². The quantitative estimate of drug-likeness (QED) is 0.563. The first-order valence-electron chi connectivity index (χ1n) is 10.4. The van der Waals surface area contributed by atoms with Crippen molar-refractivity contribution in [2.75, 3.05) is 39.3 Å². The van der Waals surface area contributed by atoms with Gasteiger partial charge in [-0.05, 0) is 23.6 Å². The number of piperazine rings is 1. The van der Waals surface area contributed by atoms with Crippen molar-refractivity contribution in [2.24, 2.45) is 0 Å². The van der Waals surface area contributed by atoms with Gasteiger partial charge in [0.15, 0.2) is 18.5 Å². The number of allylic oxidation sites excluding steroid dienone is 2. The molecule has 0 bridgehead atoms. The van der Waals surface area contributed by atoms with Crippen LogP contribution in [0.3, 0.4) is 0 Å². The molecule has 1 aromatic carbocycles. The van der Waals surface area contributed by atoms with Crippen LogP contribution in [0.25, 0.3) is 0 Å². The number of hydrogen-bond acceptors (Lipinski definition) is 3. The second kappa shape index (κ2) is 10.0. The van der Waals surface area contributed by atoms with Gasteiger partial charge in [0, 0.05) is 24.3 Å². The van der Waals surface area contributed by atoms with Crippen molar-refractivity contribution < 1.29 is 24.6 Å². The second-order valence-electron chi connectivity index (χ2n) is 7.77. The lowest BCUT2D eigenvalue weighted by molar-refractivity contribution is -0.910. The molecule has 29 heavy (non-hydrogen) atoms. The van der Waals surface area contributed by atoms with Crippen molar-refractivity contribution in [2.45, 2.75) is 32.1 Å². The summed E-state index contributed by atoms with van der Waals surface area (Å²) >= 11 is 5.93. The van der Waals surface area contributed by atoms with E-state index in [0.717, 1.165) is 44.8 Å². The molecule has 1 aliphatic carbocycles. The number of aliphatic hydroxyl groups excluding tert-OH is 1. The van der Waals surface area contributed by atoms with E-state index in [1.165, 1.54) is 4.90 Å². The lowest BCUT2D eigenvalue weighted by Crippen LogP contribution is -3.16. The molecule has 0 saturated carbocycles. The molecule has 6 nitrogen and oxygen atoms in total. The number of quaternary nitrogens is 1. The normalized spacial score (nSPS) is 21.2. The van der Waals surface area contributed by atoms with Crippen LogP contribution in [0.2, 0.25) is 5.02 Å². The van der Waals surface area contributed by atoms with Crippen LogP contribution >= 0.6 is 11.6 Å². The second-order valence-corrected chi connectivity index (χ2v) is 8.21. The van der Waals surface area contributed by atoms with E-state index in [9.17, 15) is 14.7 Å². The fourth-order valence-electron chi connectivity index (χ4n) is 4.01. The Balaban J connectivity index is 1.49. The van der Waals surface area contributed by atoms with Crippen LogP contribution in [-0.2, 0) is 9.59 Å². The Morgan fingerprint density at radius 3 is 2.59 bits per heavy atom. The first kappa shape index (κ1) is 21.5. The van der Waals surface area contributed by atoms with Crippen LogP contribution in [0, 0.1) is 0 Å². The van der Waals surface area contributed by atoms with Gasteiger partial charge in [0.2, 0.25) is 5.91 Å². The lowest BCUT2D eigenvalue weighted by atomic mass is 9.83. The number of halogens is 1. The highest BCUT2D eigenvalue weighted by Crippen LogP contribution is 2.33. The molecule has 2 aliphatic rings. The average molecular weight is 420 g/mol. The maximum absolute atomic E-state index is 12.5. The van der Waals surface area contributed by atoms with Crippen LogP contribution in [0.4, 0.5) is 0 Å². The molecule has 156 valence electrons. The third-order valence-electron chi connectivity index (χ3n) is 5.82. The number of carbonyl (C=O) groups excluding carboxylic acids is 2. The lowest BCUT2D eigenvalue weighted by Gasteiger charge is -2.31. The van der Waals surface area contributed by atoms with Crippen molar-refractivity contribution in [1.29, 1.82) is 0 Å². The topological polar surface area (TPSA) is 76.0 Å². The standard InChI is InChI=1S/C22H28ClN3O3/c1-2-22(29)26-11-9-25(10-12-26)8-7-24-15-19-20(27)13-17(14-21(19)28)16-3-5-18(23)6-4-16/h3-6,15,17,27H,2,7-14H2,1H3/p+2/t17-/m1/s1. The Labute approximate surface area is 176 Å².